The van der Waals surface area contributed by atoms with Crippen LogP contribution in [0.15, 0.2) is 24.3 Å². The first-order valence-corrected chi connectivity index (χ1v) is 7.29. The van der Waals surface area contributed by atoms with Gasteiger partial charge in [0.2, 0.25) is 0 Å². The summed E-state index contributed by atoms with van der Waals surface area (Å²) in [6.07, 6.45) is 0.999. The molecule has 1 atom stereocenters. The zero-order valence-electron chi connectivity index (χ0n) is 12.6. The molecule has 1 aliphatic rings. The van der Waals surface area contributed by atoms with Crippen molar-refractivity contribution in [2.45, 2.75) is 26.3 Å². The van der Waals surface area contributed by atoms with Crippen LogP contribution in [-0.4, -0.2) is 43.6 Å². The molecule has 0 saturated carbocycles. The highest BCUT2D eigenvalue weighted by Gasteiger charge is 2.28. The number of amides is 1. The molecule has 4 nitrogen and oxygen atoms in total. The van der Waals surface area contributed by atoms with E-state index >= 15 is 0 Å². The summed E-state index contributed by atoms with van der Waals surface area (Å²) in [5.41, 5.74) is 0.705. The molecule has 0 bridgehead atoms. The lowest BCUT2D eigenvalue weighted by atomic mass is 10.0. The van der Waals surface area contributed by atoms with Crippen LogP contribution < -0.4 is 10.1 Å². The lowest BCUT2D eigenvalue weighted by molar-refractivity contribution is 0.0646. The van der Waals surface area contributed by atoms with E-state index < -0.39 is 0 Å². The molecule has 1 aromatic carbocycles. The van der Waals surface area contributed by atoms with E-state index in [1.54, 1.807) is 7.11 Å². The van der Waals surface area contributed by atoms with Crippen molar-refractivity contribution in [2.24, 2.45) is 5.92 Å². The van der Waals surface area contributed by atoms with Crippen molar-refractivity contribution < 1.29 is 9.53 Å². The minimum atomic E-state index is 0.103. The van der Waals surface area contributed by atoms with Gasteiger partial charge >= 0.3 is 0 Å². The standard InChI is InChI=1S/C16H24N2O2/c1-12(2)15-11-17-8-5-9-18(15)16(19)13-6-4-7-14(10-13)20-3/h4,6-7,10,12,15,17H,5,8-9,11H2,1-3H3. The summed E-state index contributed by atoms with van der Waals surface area (Å²) in [7, 11) is 1.62. The number of carbonyl (C=O) groups excluding carboxylic acids is 1. The predicted octanol–water partition coefficient (Wildman–Crippen LogP) is 2.16. The van der Waals surface area contributed by atoms with Gasteiger partial charge in [-0.2, -0.15) is 0 Å². The van der Waals surface area contributed by atoms with E-state index in [1.807, 2.05) is 29.2 Å². The first-order valence-electron chi connectivity index (χ1n) is 7.29. The summed E-state index contributed by atoms with van der Waals surface area (Å²) in [5, 5.41) is 3.42. The van der Waals surface area contributed by atoms with Crippen molar-refractivity contribution in [1.29, 1.82) is 0 Å². The molecule has 1 aromatic rings. The number of nitrogens with one attached hydrogen (secondary N) is 1. The Morgan fingerprint density at radius 2 is 2.25 bits per heavy atom. The van der Waals surface area contributed by atoms with E-state index in [-0.39, 0.29) is 11.9 Å². The first kappa shape index (κ1) is 14.9. The van der Waals surface area contributed by atoms with Crippen LogP contribution in [0.3, 0.4) is 0 Å². The fourth-order valence-corrected chi connectivity index (χ4v) is 2.67. The largest absolute Gasteiger partial charge is 0.497 e. The molecule has 1 N–H and O–H groups in total. The number of carbonyl (C=O) groups is 1. The SMILES string of the molecule is COc1cccc(C(=O)N2CCCNCC2C(C)C)c1. The average molecular weight is 276 g/mol. The Balaban J connectivity index is 2.23. The maximum absolute atomic E-state index is 12.8. The highest BCUT2D eigenvalue weighted by atomic mass is 16.5. The summed E-state index contributed by atoms with van der Waals surface area (Å²) in [4.78, 5) is 14.8. The monoisotopic (exact) mass is 276 g/mol. The van der Waals surface area contributed by atoms with Gasteiger partial charge in [-0.25, -0.2) is 0 Å². The molecule has 0 spiro atoms. The number of nitrogens with zero attached hydrogens (tertiary/aromatic N) is 1. The number of ether oxygens (including phenoxy) is 1. The quantitative estimate of drug-likeness (QED) is 0.920. The van der Waals surface area contributed by atoms with Crippen LogP contribution in [-0.2, 0) is 0 Å². The Morgan fingerprint density at radius 1 is 1.45 bits per heavy atom. The van der Waals surface area contributed by atoms with Gasteiger partial charge in [-0.05, 0) is 37.1 Å². The minimum Gasteiger partial charge on any atom is -0.497 e. The summed E-state index contributed by atoms with van der Waals surface area (Å²) < 4.78 is 5.21. The highest BCUT2D eigenvalue weighted by Crippen LogP contribution is 2.19. The van der Waals surface area contributed by atoms with Crippen molar-refractivity contribution in [3.05, 3.63) is 29.8 Å². The number of methoxy groups -OCH3 is 1. The molecule has 110 valence electrons. The lowest BCUT2D eigenvalue weighted by Gasteiger charge is -2.32. The zero-order valence-corrected chi connectivity index (χ0v) is 12.6. The van der Waals surface area contributed by atoms with Gasteiger partial charge in [-0.15, -0.1) is 0 Å². The second-order valence-corrected chi connectivity index (χ2v) is 5.60. The number of benzene rings is 1. The van der Waals surface area contributed by atoms with Crippen LogP contribution in [0, 0.1) is 5.92 Å². The number of hydrogen-bond donors (Lipinski definition) is 1. The lowest BCUT2D eigenvalue weighted by Crippen LogP contribution is -2.46. The van der Waals surface area contributed by atoms with Gasteiger partial charge in [0.15, 0.2) is 0 Å². The van der Waals surface area contributed by atoms with E-state index in [0.29, 0.717) is 11.5 Å². The zero-order chi connectivity index (χ0) is 14.5. The molecule has 1 unspecified atom stereocenters. The minimum absolute atomic E-state index is 0.103. The van der Waals surface area contributed by atoms with Crippen molar-refractivity contribution in [3.63, 3.8) is 0 Å². The Morgan fingerprint density at radius 3 is 2.95 bits per heavy atom. The maximum atomic E-state index is 12.8. The third-order valence-electron chi connectivity index (χ3n) is 3.85. The van der Waals surface area contributed by atoms with Gasteiger partial charge in [-0.1, -0.05) is 19.9 Å². The van der Waals surface area contributed by atoms with E-state index in [1.165, 1.54) is 0 Å². The van der Waals surface area contributed by atoms with Crippen LogP contribution in [0.5, 0.6) is 5.75 Å². The highest BCUT2D eigenvalue weighted by molar-refractivity contribution is 5.94. The third kappa shape index (κ3) is 3.31. The average Bonchev–Trinajstić information content (AvgIpc) is 2.72. The van der Waals surface area contributed by atoms with Gasteiger partial charge < -0.3 is 15.0 Å². The molecule has 0 aromatic heterocycles. The fourth-order valence-electron chi connectivity index (χ4n) is 2.67. The second-order valence-electron chi connectivity index (χ2n) is 5.60. The molecule has 4 heteroatoms. The van der Waals surface area contributed by atoms with Gasteiger partial charge in [0.1, 0.15) is 5.75 Å². The molecule has 1 fully saturated rings. The van der Waals surface area contributed by atoms with Gasteiger partial charge in [-0.3, -0.25) is 4.79 Å². The molecule has 0 radical (unpaired) electrons. The summed E-state index contributed by atoms with van der Waals surface area (Å²) in [5.74, 6) is 1.27. The normalized spacial score (nSPS) is 19.8. The molecule has 1 aliphatic heterocycles. The predicted molar refractivity (Wildman–Crippen MR) is 80.1 cm³/mol. The molecule has 0 aliphatic carbocycles. The van der Waals surface area contributed by atoms with Gasteiger partial charge in [0.05, 0.1) is 7.11 Å². The van der Waals surface area contributed by atoms with Crippen LogP contribution >= 0.6 is 0 Å². The van der Waals surface area contributed by atoms with E-state index in [0.717, 1.165) is 31.8 Å². The fraction of sp³-hybridized carbons (Fsp3) is 0.562. The molecule has 1 saturated heterocycles. The smallest absolute Gasteiger partial charge is 0.254 e. The number of rotatable bonds is 3. The number of hydrogen-bond acceptors (Lipinski definition) is 3. The van der Waals surface area contributed by atoms with E-state index in [4.69, 9.17) is 4.74 Å². The van der Waals surface area contributed by atoms with Crippen molar-refractivity contribution >= 4 is 5.91 Å². The molecule has 1 amide bonds. The first-order chi connectivity index (χ1) is 9.63. The van der Waals surface area contributed by atoms with Crippen LogP contribution in [0.4, 0.5) is 0 Å². The Labute approximate surface area is 121 Å². The molecular formula is C16H24N2O2. The molecule has 1 heterocycles. The van der Waals surface area contributed by atoms with E-state index in [2.05, 4.69) is 19.2 Å². The Bertz CT molecular complexity index is 460. The Kier molecular flexibility index (Phi) is 5.01. The van der Waals surface area contributed by atoms with Gasteiger partial charge in [0, 0.05) is 24.7 Å². The topological polar surface area (TPSA) is 41.6 Å². The van der Waals surface area contributed by atoms with Crippen LogP contribution in [0.2, 0.25) is 0 Å². The maximum Gasteiger partial charge on any atom is 0.254 e. The van der Waals surface area contributed by atoms with Crippen LogP contribution in [0.1, 0.15) is 30.6 Å². The second kappa shape index (κ2) is 6.75. The van der Waals surface area contributed by atoms with Crippen LogP contribution in [0.25, 0.3) is 0 Å². The third-order valence-corrected chi connectivity index (χ3v) is 3.85. The summed E-state index contributed by atoms with van der Waals surface area (Å²) in [6, 6.07) is 7.66. The molecule has 20 heavy (non-hydrogen) atoms. The van der Waals surface area contributed by atoms with Gasteiger partial charge in [0.25, 0.3) is 5.91 Å². The van der Waals surface area contributed by atoms with Crippen molar-refractivity contribution in [3.8, 4) is 5.75 Å². The molecule has 2 rings (SSSR count). The Hall–Kier alpha value is -1.55. The summed E-state index contributed by atoms with van der Waals surface area (Å²) >= 11 is 0. The van der Waals surface area contributed by atoms with Crippen molar-refractivity contribution in [1.82, 2.24) is 10.2 Å². The van der Waals surface area contributed by atoms with E-state index in [9.17, 15) is 4.79 Å². The summed E-state index contributed by atoms with van der Waals surface area (Å²) in [6.45, 7) is 7.00. The van der Waals surface area contributed by atoms with Crippen molar-refractivity contribution in [2.75, 3.05) is 26.7 Å². The molecular weight excluding hydrogens is 252 g/mol.